The summed E-state index contributed by atoms with van der Waals surface area (Å²) in [7, 11) is -1.79. The number of amidine groups is 1. The van der Waals surface area contributed by atoms with Crippen LogP contribution in [0.15, 0.2) is 11.2 Å². The van der Waals surface area contributed by atoms with Gasteiger partial charge in [-0.25, -0.2) is 4.79 Å². The number of hydrogen-bond donors (Lipinski definition) is 4. The Morgan fingerprint density at radius 1 is 1.45 bits per heavy atom. The Hall–Kier alpha value is -2.79. The number of hydrogen-bond acceptors (Lipinski definition) is 9. The average Bonchev–Trinajstić information content (AvgIpc) is 3.17. The number of rotatable bonds is 7. The van der Waals surface area contributed by atoms with Crippen LogP contribution >= 0.6 is 0 Å². The lowest BCUT2D eigenvalue weighted by Crippen LogP contribution is -2.57. The molecule has 16 heteroatoms. The van der Waals surface area contributed by atoms with E-state index in [0.717, 1.165) is 0 Å². The first-order valence-electron chi connectivity index (χ1n) is 9.32. The zero-order valence-electron chi connectivity index (χ0n) is 16.7. The monoisotopic (exact) mass is 458 g/mol. The summed E-state index contributed by atoms with van der Waals surface area (Å²) in [5.41, 5.74) is 3.69. The molecule has 0 aromatic carbocycles. The van der Waals surface area contributed by atoms with E-state index in [1.165, 1.54) is 22.8 Å². The van der Waals surface area contributed by atoms with E-state index in [1.807, 2.05) is 0 Å². The van der Waals surface area contributed by atoms with Crippen LogP contribution in [-0.2, 0) is 31.4 Å². The molecule has 4 rings (SSSR count). The summed E-state index contributed by atoms with van der Waals surface area (Å²) in [4.78, 5) is 35.5. The highest BCUT2D eigenvalue weighted by atomic mass is 32.3. The topological polar surface area (TPSA) is 180 Å². The molecular weight excluding hydrogens is 436 g/mol. The van der Waals surface area contributed by atoms with Crippen LogP contribution in [-0.4, -0.2) is 89.8 Å². The predicted molar refractivity (Wildman–Crippen MR) is 103 cm³/mol. The van der Waals surface area contributed by atoms with Crippen molar-refractivity contribution in [3.63, 3.8) is 0 Å². The number of hydroxylamine groups is 3. The maximum atomic E-state index is 12.8. The second kappa shape index (κ2) is 8.04. The zero-order valence-corrected chi connectivity index (χ0v) is 17.5. The minimum absolute atomic E-state index is 0.0631. The van der Waals surface area contributed by atoms with Crippen molar-refractivity contribution in [1.29, 1.82) is 0 Å². The molecule has 2 saturated heterocycles. The Bertz CT molecular complexity index is 1020. The van der Waals surface area contributed by atoms with Gasteiger partial charge in [-0.05, 0) is 0 Å². The van der Waals surface area contributed by atoms with Crippen molar-refractivity contribution >= 4 is 28.2 Å². The fourth-order valence-corrected chi connectivity index (χ4v) is 4.13. The standard InChI is InChI=1S/C15H22N8O7S/c1-16-14(20-29-7-11(24)19-8-3-17-4-8)13-12-9(5-18-21(12)2)10-6-22(13)15(25)23(10)30-31(26,27)28/h5,8,10,13,17H,3-4,6-7H2,1-2H3,(H,16,20)(H,19,24)(H,26,27,28)/t10-,13-/m0/s1. The fraction of sp³-hybridized carbons (Fsp3) is 0.600. The summed E-state index contributed by atoms with van der Waals surface area (Å²) in [5.74, 6) is -0.118. The Morgan fingerprint density at radius 3 is 2.81 bits per heavy atom. The van der Waals surface area contributed by atoms with Gasteiger partial charge in [-0.2, -0.15) is 18.6 Å². The number of nitrogens with one attached hydrogen (secondary N) is 3. The van der Waals surface area contributed by atoms with Gasteiger partial charge in [-0.3, -0.25) is 29.3 Å². The van der Waals surface area contributed by atoms with E-state index in [0.29, 0.717) is 29.4 Å². The average molecular weight is 458 g/mol. The highest BCUT2D eigenvalue weighted by Crippen LogP contribution is 2.44. The zero-order chi connectivity index (χ0) is 22.3. The second-order valence-corrected chi connectivity index (χ2v) is 8.22. The normalized spacial score (nSPS) is 23.6. The highest BCUT2D eigenvalue weighted by Gasteiger charge is 2.53. The molecule has 2 bridgehead atoms. The van der Waals surface area contributed by atoms with Crippen molar-refractivity contribution in [2.24, 2.45) is 12.0 Å². The van der Waals surface area contributed by atoms with Gasteiger partial charge in [0, 0.05) is 32.7 Å². The molecule has 4 N–H and O–H groups in total. The van der Waals surface area contributed by atoms with Crippen molar-refractivity contribution < 1.29 is 31.7 Å². The van der Waals surface area contributed by atoms with Crippen LogP contribution in [0.3, 0.4) is 0 Å². The summed E-state index contributed by atoms with van der Waals surface area (Å²) in [6.07, 6.45) is 1.48. The van der Waals surface area contributed by atoms with E-state index in [4.69, 9.17) is 9.39 Å². The van der Waals surface area contributed by atoms with Gasteiger partial charge in [-0.15, -0.1) is 4.28 Å². The number of aromatic nitrogens is 2. The Kier molecular flexibility index (Phi) is 5.56. The molecule has 0 saturated carbocycles. The third kappa shape index (κ3) is 4.07. The molecule has 0 unspecified atom stereocenters. The Balaban J connectivity index is 1.52. The van der Waals surface area contributed by atoms with E-state index >= 15 is 0 Å². The molecule has 1 aromatic rings. The van der Waals surface area contributed by atoms with E-state index in [1.54, 1.807) is 7.05 Å². The van der Waals surface area contributed by atoms with Crippen molar-refractivity contribution in [3.05, 3.63) is 17.5 Å². The lowest BCUT2D eigenvalue weighted by atomic mass is 9.97. The largest absolute Gasteiger partial charge is 0.418 e. The van der Waals surface area contributed by atoms with Gasteiger partial charge in [0.1, 0.15) is 17.9 Å². The van der Waals surface area contributed by atoms with Gasteiger partial charge in [0.05, 0.1) is 24.5 Å². The first kappa shape index (κ1) is 21.4. The molecule has 4 heterocycles. The van der Waals surface area contributed by atoms with Crippen LogP contribution in [0.2, 0.25) is 0 Å². The number of amides is 3. The summed E-state index contributed by atoms with van der Waals surface area (Å²) in [6.45, 7) is 1.18. The van der Waals surface area contributed by atoms with Gasteiger partial charge >= 0.3 is 16.4 Å². The summed E-state index contributed by atoms with van der Waals surface area (Å²) >= 11 is 0. The number of carbonyl (C=O) groups is 2. The number of urea groups is 1. The van der Waals surface area contributed by atoms with Crippen molar-refractivity contribution in [3.8, 4) is 0 Å². The maximum absolute atomic E-state index is 12.8. The molecule has 1 aromatic heterocycles. The molecule has 170 valence electrons. The molecule has 15 nitrogen and oxygen atoms in total. The molecule has 0 radical (unpaired) electrons. The second-order valence-electron chi connectivity index (χ2n) is 7.21. The third-order valence-corrected chi connectivity index (χ3v) is 5.58. The van der Waals surface area contributed by atoms with Gasteiger partial charge in [0.2, 0.25) is 5.91 Å². The number of aliphatic imine (C=N–C) groups is 1. The van der Waals surface area contributed by atoms with Crippen LogP contribution in [0, 0.1) is 0 Å². The highest BCUT2D eigenvalue weighted by molar-refractivity contribution is 7.80. The first-order valence-corrected chi connectivity index (χ1v) is 10.7. The van der Waals surface area contributed by atoms with E-state index in [2.05, 4.69) is 30.5 Å². The van der Waals surface area contributed by atoms with Crippen molar-refractivity contribution in [2.45, 2.75) is 18.1 Å². The Morgan fingerprint density at radius 2 is 2.19 bits per heavy atom. The molecule has 3 aliphatic rings. The lowest BCUT2D eigenvalue weighted by Gasteiger charge is -2.32. The molecule has 31 heavy (non-hydrogen) atoms. The molecule has 0 aliphatic carbocycles. The number of fused-ring (bicyclic) bond motifs is 4. The third-order valence-electron chi connectivity index (χ3n) is 5.23. The molecule has 2 fully saturated rings. The number of nitrogens with zero attached hydrogens (tertiary/aromatic N) is 5. The van der Waals surface area contributed by atoms with Crippen LogP contribution in [0.25, 0.3) is 0 Å². The summed E-state index contributed by atoms with van der Waals surface area (Å²) in [5, 5.41) is 10.6. The van der Waals surface area contributed by atoms with Gasteiger partial charge < -0.3 is 15.5 Å². The quantitative estimate of drug-likeness (QED) is 0.149. The SMILES string of the molecule is CN=C(NOCC(=O)NC1CNC1)[C@@H]1c2c(cnn2C)[C@@H]2CN1C(=O)N2OS(=O)(=O)O. The van der Waals surface area contributed by atoms with E-state index in [-0.39, 0.29) is 30.9 Å². The first-order chi connectivity index (χ1) is 14.7. The van der Waals surface area contributed by atoms with E-state index in [9.17, 15) is 18.0 Å². The van der Waals surface area contributed by atoms with Gasteiger partial charge in [0.15, 0.2) is 6.61 Å². The van der Waals surface area contributed by atoms with Crippen LogP contribution in [0.4, 0.5) is 4.79 Å². The van der Waals surface area contributed by atoms with Gasteiger partial charge in [0.25, 0.3) is 0 Å². The maximum Gasteiger partial charge on any atom is 0.418 e. The van der Waals surface area contributed by atoms with Crippen molar-refractivity contribution in [2.75, 3.05) is 33.3 Å². The number of aryl methyl sites for hydroxylation is 1. The van der Waals surface area contributed by atoms with Crippen LogP contribution < -0.4 is 16.1 Å². The number of carbonyl (C=O) groups excluding carboxylic acids is 2. The molecule has 0 spiro atoms. The molecule has 3 aliphatic heterocycles. The summed E-state index contributed by atoms with van der Waals surface area (Å²) in [6, 6.07) is -2.33. The fourth-order valence-electron chi connectivity index (χ4n) is 3.76. The summed E-state index contributed by atoms with van der Waals surface area (Å²) < 4.78 is 37.5. The lowest BCUT2D eigenvalue weighted by molar-refractivity contribution is -0.128. The van der Waals surface area contributed by atoms with Crippen LogP contribution in [0.1, 0.15) is 23.3 Å². The van der Waals surface area contributed by atoms with Crippen LogP contribution in [0.5, 0.6) is 0 Å². The van der Waals surface area contributed by atoms with Crippen molar-refractivity contribution in [1.82, 2.24) is 35.9 Å². The molecular formula is C15H22N8O7S. The van der Waals surface area contributed by atoms with E-state index < -0.39 is 28.5 Å². The van der Waals surface area contributed by atoms with Gasteiger partial charge in [-0.1, -0.05) is 0 Å². The minimum Gasteiger partial charge on any atom is -0.349 e. The molecule has 2 atom stereocenters. The minimum atomic E-state index is -4.92. The predicted octanol–water partition coefficient (Wildman–Crippen LogP) is -2.37. The smallest absolute Gasteiger partial charge is 0.349 e. The molecule has 3 amide bonds. The Labute approximate surface area is 177 Å².